The number of aromatic carboxylic acids is 1. The van der Waals surface area contributed by atoms with Crippen LogP contribution in [0.25, 0.3) is 5.70 Å². The van der Waals surface area contributed by atoms with Gasteiger partial charge >= 0.3 is 5.97 Å². The van der Waals surface area contributed by atoms with Crippen LogP contribution in [0, 0.1) is 0 Å². The van der Waals surface area contributed by atoms with Crippen molar-refractivity contribution >= 4 is 39.4 Å². The van der Waals surface area contributed by atoms with Crippen LogP contribution in [-0.4, -0.2) is 16.8 Å². The van der Waals surface area contributed by atoms with Crippen LogP contribution in [0.2, 0.25) is 0 Å². The van der Waals surface area contributed by atoms with Gasteiger partial charge in [0.1, 0.15) is 5.56 Å². The number of carboxylic acid groups (broad SMARTS) is 1. The summed E-state index contributed by atoms with van der Waals surface area (Å²) in [6, 6.07) is 3.37. The maximum Gasteiger partial charge on any atom is 0.343 e. The zero-order valence-corrected chi connectivity index (χ0v) is 9.51. The van der Waals surface area contributed by atoms with Crippen LogP contribution in [0.4, 0.5) is 0 Å². The molecule has 1 aromatic rings. The third kappa shape index (κ3) is 1.46. The van der Waals surface area contributed by atoms with Crippen LogP contribution in [0.1, 0.15) is 10.4 Å². The normalized spacial score (nSPS) is 17.1. The van der Waals surface area contributed by atoms with E-state index in [1.165, 1.54) is 11.8 Å². The Bertz CT molecular complexity index is 431. The molecule has 0 atom stereocenters. The quantitative estimate of drug-likeness (QED) is 0.795. The monoisotopic (exact) mass is 272 g/mol. The van der Waals surface area contributed by atoms with Crippen molar-refractivity contribution in [1.82, 2.24) is 0 Å². The van der Waals surface area contributed by atoms with Gasteiger partial charge < -0.3 is 5.11 Å². The van der Waals surface area contributed by atoms with Crippen molar-refractivity contribution in [1.29, 1.82) is 0 Å². The summed E-state index contributed by atoms with van der Waals surface area (Å²) in [5.41, 5.74) is 1.43. The molecular weight excluding hydrogens is 266 g/mol. The van der Waals surface area contributed by atoms with Crippen LogP contribution >= 0.6 is 27.7 Å². The maximum absolute atomic E-state index is 10.9. The highest BCUT2D eigenvalue weighted by Crippen LogP contribution is 2.28. The molecule has 1 aliphatic heterocycles. The van der Waals surface area contributed by atoms with E-state index in [1.54, 1.807) is 12.1 Å². The standard InChI is InChI=1S/C9H6BrNO2S/c10-4-6-5-14-8-7(9(12)13)2-1-3-11(6)8/h1-4H,5H2/p+1. The Balaban J connectivity index is 2.61. The molecule has 72 valence electrons. The summed E-state index contributed by atoms with van der Waals surface area (Å²) < 4.78 is 1.89. The SMILES string of the molecule is O=C(O)c1ccc[n+]2c1SCC2=CBr. The number of hydrogen-bond donors (Lipinski definition) is 1. The smallest absolute Gasteiger partial charge is 0.343 e. The molecule has 0 radical (unpaired) electrons. The van der Waals surface area contributed by atoms with E-state index in [4.69, 9.17) is 5.11 Å². The van der Waals surface area contributed by atoms with Crippen molar-refractivity contribution in [3.8, 4) is 0 Å². The molecule has 1 aliphatic rings. The van der Waals surface area contributed by atoms with Gasteiger partial charge in [0.05, 0.1) is 5.75 Å². The van der Waals surface area contributed by atoms with Crippen molar-refractivity contribution in [2.75, 3.05) is 5.75 Å². The van der Waals surface area contributed by atoms with Crippen LogP contribution in [-0.2, 0) is 0 Å². The summed E-state index contributed by atoms with van der Waals surface area (Å²) in [4.78, 5) is 12.7. The largest absolute Gasteiger partial charge is 0.477 e. The first-order chi connectivity index (χ1) is 6.74. The molecule has 1 aromatic heterocycles. The van der Waals surface area contributed by atoms with E-state index in [1.807, 2.05) is 15.7 Å². The molecule has 0 aliphatic carbocycles. The average molecular weight is 273 g/mol. The van der Waals surface area contributed by atoms with Crippen LogP contribution in [0.15, 0.2) is 28.3 Å². The molecule has 0 amide bonds. The second-order valence-corrected chi connectivity index (χ2v) is 4.21. The fraction of sp³-hybridized carbons (Fsp3) is 0.111. The minimum Gasteiger partial charge on any atom is -0.477 e. The van der Waals surface area contributed by atoms with E-state index in [9.17, 15) is 4.79 Å². The van der Waals surface area contributed by atoms with Crippen molar-refractivity contribution < 1.29 is 14.5 Å². The van der Waals surface area contributed by atoms with Gasteiger partial charge in [-0.25, -0.2) is 4.79 Å². The van der Waals surface area contributed by atoms with Crippen molar-refractivity contribution in [3.05, 3.63) is 28.9 Å². The second kappa shape index (κ2) is 3.74. The number of pyridine rings is 1. The molecule has 0 fully saturated rings. The molecule has 2 heterocycles. The highest BCUT2D eigenvalue weighted by molar-refractivity contribution is 9.11. The van der Waals surface area contributed by atoms with E-state index >= 15 is 0 Å². The topological polar surface area (TPSA) is 41.2 Å². The molecule has 0 aromatic carbocycles. The molecule has 0 saturated heterocycles. The lowest BCUT2D eigenvalue weighted by atomic mass is 10.3. The Kier molecular flexibility index (Phi) is 2.60. The van der Waals surface area contributed by atoms with Crippen molar-refractivity contribution in [3.63, 3.8) is 0 Å². The number of carbonyl (C=O) groups is 1. The maximum atomic E-state index is 10.9. The van der Waals surface area contributed by atoms with Gasteiger partial charge in [-0.15, -0.1) is 0 Å². The van der Waals surface area contributed by atoms with Gasteiger partial charge in [-0.3, -0.25) is 0 Å². The lowest BCUT2D eigenvalue weighted by Gasteiger charge is -1.95. The number of nitrogens with zero attached hydrogens (tertiary/aromatic N) is 1. The molecule has 14 heavy (non-hydrogen) atoms. The minimum atomic E-state index is -0.877. The number of thioether (sulfide) groups is 1. The number of aromatic nitrogens is 1. The summed E-state index contributed by atoms with van der Waals surface area (Å²) in [5, 5.41) is 9.75. The highest BCUT2D eigenvalue weighted by Gasteiger charge is 2.30. The molecule has 0 bridgehead atoms. The van der Waals surface area contributed by atoms with Gasteiger partial charge in [-0.05, 0) is 17.8 Å². The van der Waals surface area contributed by atoms with Gasteiger partial charge in [0.25, 0.3) is 5.03 Å². The molecular formula is C9H7BrNO2S+. The van der Waals surface area contributed by atoms with E-state index in [0.29, 0.717) is 5.56 Å². The first kappa shape index (κ1) is 9.73. The van der Waals surface area contributed by atoms with Gasteiger partial charge in [0.15, 0.2) is 6.20 Å². The number of halogens is 1. The third-order valence-corrected chi connectivity index (χ3v) is 3.63. The van der Waals surface area contributed by atoms with E-state index in [0.717, 1.165) is 16.5 Å². The number of carboxylic acids is 1. The summed E-state index contributed by atoms with van der Waals surface area (Å²) in [6.07, 6.45) is 1.87. The minimum absolute atomic E-state index is 0.363. The summed E-state index contributed by atoms with van der Waals surface area (Å²) >= 11 is 4.80. The Hall–Kier alpha value is -0.810. The van der Waals surface area contributed by atoms with Crippen LogP contribution in [0.5, 0.6) is 0 Å². The van der Waals surface area contributed by atoms with Gasteiger partial charge in [0, 0.05) is 11.1 Å². The van der Waals surface area contributed by atoms with Gasteiger partial charge in [-0.2, -0.15) is 4.57 Å². The first-order valence-corrected chi connectivity index (χ1v) is 5.84. The number of rotatable bonds is 1. The molecule has 5 heteroatoms. The molecule has 0 unspecified atom stereocenters. The fourth-order valence-electron chi connectivity index (χ4n) is 1.33. The number of hydrogen-bond acceptors (Lipinski definition) is 2. The zero-order chi connectivity index (χ0) is 10.1. The summed E-state index contributed by atoms with van der Waals surface area (Å²) in [7, 11) is 0. The first-order valence-electron chi connectivity index (χ1n) is 3.94. The predicted octanol–water partition coefficient (Wildman–Crippen LogP) is 1.97. The molecule has 0 spiro atoms. The molecule has 0 saturated carbocycles. The zero-order valence-electron chi connectivity index (χ0n) is 7.11. The summed E-state index contributed by atoms with van der Waals surface area (Å²) in [5.74, 6) is -0.0760. The van der Waals surface area contributed by atoms with E-state index in [2.05, 4.69) is 15.9 Å². The predicted molar refractivity (Wildman–Crippen MR) is 57.5 cm³/mol. The highest BCUT2D eigenvalue weighted by atomic mass is 79.9. The van der Waals surface area contributed by atoms with E-state index < -0.39 is 5.97 Å². The molecule has 2 rings (SSSR count). The Labute approximate surface area is 93.6 Å². The van der Waals surface area contributed by atoms with Crippen LogP contribution in [0.3, 0.4) is 0 Å². The fourth-order valence-corrected chi connectivity index (χ4v) is 3.06. The Morgan fingerprint density at radius 3 is 3.14 bits per heavy atom. The lowest BCUT2D eigenvalue weighted by Crippen LogP contribution is -2.32. The molecule has 1 N–H and O–H groups in total. The second-order valence-electron chi connectivity index (χ2n) is 2.79. The Morgan fingerprint density at radius 1 is 1.71 bits per heavy atom. The van der Waals surface area contributed by atoms with Crippen molar-refractivity contribution in [2.45, 2.75) is 5.03 Å². The molecule has 3 nitrogen and oxygen atoms in total. The van der Waals surface area contributed by atoms with Gasteiger partial charge in [0.2, 0.25) is 5.70 Å². The lowest BCUT2D eigenvalue weighted by molar-refractivity contribution is -0.618. The van der Waals surface area contributed by atoms with Crippen molar-refractivity contribution in [2.24, 2.45) is 0 Å². The number of fused-ring (bicyclic) bond motifs is 1. The average Bonchev–Trinajstić information content (AvgIpc) is 2.59. The summed E-state index contributed by atoms with van der Waals surface area (Å²) in [6.45, 7) is 0. The Morgan fingerprint density at radius 2 is 2.50 bits per heavy atom. The van der Waals surface area contributed by atoms with E-state index in [-0.39, 0.29) is 0 Å². The van der Waals surface area contributed by atoms with Crippen LogP contribution < -0.4 is 4.57 Å². The van der Waals surface area contributed by atoms with Gasteiger partial charge in [-0.1, -0.05) is 15.9 Å². The third-order valence-electron chi connectivity index (χ3n) is 1.97.